The lowest BCUT2D eigenvalue weighted by atomic mass is 10.1. The van der Waals surface area contributed by atoms with Gasteiger partial charge in [-0.3, -0.25) is 4.79 Å². The number of carbonyl (C=O) groups is 2. The first kappa shape index (κ1) is 18.2. The molecule has 120 valence electrons. The Bertz CT molecular complexity index is 539. The number of benzene rings is 1. The molecule has 0 aliphatic carbocycles. The average Bonchev–Trinajstić information content (AvgIpc) is 2.49. The number of hydrogen-bond acceptors (Lipinski definition) is 4. The second kappa shape index (κ2) is 10.00. The van der Waals surface area contributed by atoms with E-state index in [0.717, 1.165) is 17.2 Å². The second-order valence-corrected chi connectivity index (χ2v) is 4.95. The molecule has 0 unspecified atom stereocenters. The van der Waals surface area contributed by atoms with Gasteiger partial charge in [0.25, 0.3) is 0 Å². The van der Waals surface area contributed by atoms with Gasteiger partial charge >= 0.3 is 11.9 Å². The first-order valence-corrected chi connectivity index (χ1v) is 8.08. The molecule has 1 aromatic carbocycles. The third-order valence-corrected chi connectivity index (χ3v) is 3.39. The number of alkyl halides is 1. The quantitative estimate of drug-likeness (QED) is 0.312. The van der Waals surface area contributed by atoms with Crippen LogP contribution in [0.1, 0.15) is 30.9 Å². The van der Waals surface area contributed by atoms with E-state index in [2.05, 4.69) is 15.9 Å². The highest BCUT2D eigenvalue weighted by atomic mass is 79.9. The van der Waals surface area contributed by atoms with Crippen LogP contribution in [0.25, 0.3) is 6.08 Å². The van der Waals surface area contributed by atoms with Gasteiger partial charge in [0.15, 0.2) is 0 Å². The molecule has 0 heterocycles. The highest BCUT2D eigenvalue weighted by Gasteiger charge is 2.08. The molecule has 1 rings (SSSR count). The zero-order chi connectivity index (χ0) is 16.4. The number of rotatable bonds is 9. The van der Waals surface area contributed by atoms with Gasteiger partial charge in [0.05, 0.1) is 13.2 Å². The van der Waals surface area contributed by atoms with E-state index in [-0.39, 0.29) is 5.97 Å². The zero-order valence-corrected chi connectivity index (χ0v) is 14.0. The Morgan fingerprint density at radius 3 is 2.77 bits per heavy atom. The Morgan fingerprint density at radius 2 is 2.14 bits per heavy atom. The fraction of sp³-hybridized carbons (Fsp3) is 0.375. The molecule has 0 radical (unpaired) electrons. The number of carbonyl (C=O) groups excluding carboxylic acids is 1. The average molecular weight is 371 g/mol. The Balaban J connectivity index is 2.69. The van der Waals surface area contributed by atoms with Crippen LogP contribution >= 0.6 is 15.9 Å². The molecule has 5 nitrogen and oxygen atoms in total. The maximum Gasteiger partial charge on any atom is 0.328 e. The number of esters is 1. The highest BCUT2D eigenvalue weighted by Crippen LogP contribution is 2.26. The van der Waals surface area contributed by atoms with E-state index in [0.29, 0.717) is 37.1 Å². The van der Waals surface area contributed by atoms with E-state index in [9.17, 15) is 9.59 Å². The second-order valence-electron chi connectivity index (χ2n) is 4.39. The van der Waals surface area contributed by atoms with Crippen molar-refractivity contribution in [3.63, 3.8) is 0 Å². The van der Waals surface area contributed by atoms with Crippen LogP contribution < -0.4 is 4.74 Å². The molecule has 0 spiro atoms. The molecule has 0 aromatic heterocycles. The number of carboxylic acid groups (broad SMARTS) is 1. The Labute approximate surface area is 138 Å². The first-order chi connectivity index (χ1) is 10.6. The van der Waals surface area contributed by atoms with Crippen molar-refractivity contribution in [3.05, 3.63) is 35.4 Å². The van der Waals surface area contributed by atoms with Gasteiger partial charge < -0.3 is 14.6 Å². The number of halogens is 1. The zero-order valence-electron chi connectivity index (χ0n) is 12.4. The molecular formula is C16H19BrO5. The summed E-state index contributed by atoms with van der Waals surface area (Å²) in [6.45, 7) is 2.50. The molecule has 1 aromatic rings. The maximum absolute atomic E-state index is 11.2. The molecule has 0 bridgehead atoms. The predicted octanol–water partition coefficient (Wildman–Crippen LogP) is 3.40. The number of aliphatic carboxylic acids is 1. The van der Waals surface area contributed by atoms with Crippen molar-refractivity contribution < 1.29 is 24.2 Å². The Kier molecular flexibility index (Phi) is 8.28. The predicted molar refractivity (Wildman–Crippen MR) is 87.1 cm³/mol. The first-order valence-electron chi connectivity index (χ1n) is 6.95. The summed E-state index contributed by atoms with van der Waals surface area (Å²) in [5, 5.41) is 9.35. The minimum atomic E-state index is -1.02. The van der Waals surface area contributed by atoms with Crippen LogP contribution in [0.5, 0.6) is 5.75 Å². The number of carboxylic acids is 1. The van der Waals surface area contributed by atoms with Gasteiger partial charge in [-0.1, -0.05) is 28.1 Å². The SMILES string of the molecule is CCOC(=O)CCCOc1cccc(CBr)c1/C=C/C(=O)O. The van der Waals surface area contributed by atoms with E-state index in [1.165, 1.54) is 6.08 Å². The number of hydrogen-bond donors (Lipinski definition) is 1. The van der Waals surface area contributed by atoms with Crippen molar-refractivity contribution in [2.75, 3.05) is 13.2 Å². The normalized spacial score (nSPS) is 10.6. The van der Waals surface area contributed by atoms with E-state index >= 15 is 0 Å². The molecule has 0 aliphatic heterocycles. The van der Waals surface area contributed by atoms with Crippen molar-refractivity contribution in [1.82, 2.24) is 0 Å². The maximum atomic E-state index is 11.2. The molecule has 6 heteroatoms. The van der Waals surface area contributed by atoms with Gasteiger partial charge in [0.2, 0.25) is 0 Å². The molecular weight excluding hydrogens is 352 g/mol. The van der Waals surface area contributed by atoms with E-state index < -0.39 is 5.97 Å². The number of ether oxygens (including phenoxy) is 2. The van der Waals surface area contributed by atoms with Crippen molar-refractivity contribution in [1.29, 1.82) is 0 Å². The van der Waals surface area contributed by atoms with Crippen molar-refractivity contribution in [3.8, 4) is 5.75 Å². The summed E-state index contributed by atoms with van der Waals surface area (Å²) >= 11 is 3.37. The molecule has 22 heavy (non-hydrogen) atoms. The van der Waals surface area contributed by atoms with Gasteiger partial charge in [-0.15, -0.1) is 0 Å². The van der Waals surface area contributed by atoms with Crippen LogP contribution in [0.15, 0.2) is 24.3 Å². The van der Waals surface area contributed by atoms with Gasteiger partial charge in [0.1, 0.15) is 5.75 Å². The van der Waals surface area contributed by atoms with E-state index in [4.69, 9.17) is 14.6 Å². The molecule has 0 saturated carbocycles. The third-order valence-electron chi connectivity index (χ3n) is 2.78. The summed E-state index contributed by atoms with van der Waals surface area (Å²) in [6.07, 6.45) is 3.43. The summed E-state index contributed by atoms with van der Waals surface area (Å²) < 4.78 is 10.5. The van der Waals surface area contributed by atoms with Gasteiger partial charge in [-0.05, 0) is 31.1 Å². The molecule has 1 N–H and O–H groups in total. The fourth-order valence-electron chi connectivity index (χ4n) is 1.81. The molecule has 0 amide bonds. The lowest BCUT2D eigenvalue weighted by Crippen LogP contribution is -2.07. The van der Waals surface area contributed by atoms with Gasteiger partial charge in [-0.2, -0.15) is 0 Å². The van der Waals surface area contributed by atoms with Crippen LogP contribution in [-0.4, -0.2) is 30.3 Å². The third kappa shape index (κ3) is 6.30. The van der Waals surface area contributed by atoms with Crippen LogP contribution in [0.3, 0.4) is 0 Å². The highest BCUT2D eigenvalue weighted by molar-refractivity contribution is 9.08. The minimum Gasteiger partial charge on any atom is -0.493 e. The summed E-state index contributed by atoms with van der Waals surface area (Å²) in [5.41, 5.74) is 1.65. The summed E-state index contributed by atoms with van der Waals surface area (Å²) in [4.78, 5) is 21.9. The lowest BCUT2D eigenvalue weighted by Gasteiger charge is -2.12. The van der Waals surface area contributed by atoms with Crippen molar-refractivity contribution >= 4 is 33.9 Å². The standard InChI is InChI=1S/C16H19BrO5/c1-2-21-16(20)7-4-10-22-14-6-3-5-12(11-17)13(14)8-9-15(18)19/h3,5-6,8-9H,2,4,7,10-11H2,1H3,(H,18,19)/b9-8+. The lowest BCUT2D eigenvalue weighted by molar-refractivity contribution is -0.143. The van der Waals surface area contributed by atoms with Crippen LogP contribution in [0.4, 0.5) is 0 Å². The molecule has 0 fully saturated rings. The monoisotopic (exact) mass is 370 g/mol. The van der Waals surface area contributed by atoms with Crippen LogP contribution in [0, 0.1) is 0 Å². The molecule has 0 aliphatic rings. The van der Waals surface area contributed by atoms with Gasteiger partial charge in [0, 0.05) is 23.4 Å². The van der Waals surface area contributed by atoms with Crippen molar-refractivity contribution in [2.45, 2.75) is 25.1 Å². The Hall–Kier alpha value is -1.82. The molecule has 0 atom stereocenters. The summed E-state index contributed by atoms with van der Waals surface area (Å²) in [7, 11) is 0. The largest absolute Gasteiger partial charge is 0.493 e. The minimum absolute atomic E-state index is 0.244. The van der Waals surface area contributed by atoms with Gasteiger partial charge in [-0.25, -0.2) is 4.79 Å². The summed E-state index contributed by atoms with van der Waals surface area (Å²) in [6, 6.07) is 5.51. The van der Waals surface area contributed by atoms with E-state index in [1.54, 1.807) is 13.0 Å². The fourth-order valence-corrected chi connectivity index (χ4v) is 2.30. The van der Waals surface area contributed by atoms with Crippen LogP contribution in [0.2, 0.25) is 0 Å². The smallest absolute Gasteiger partial charge is 0.328 e. The topological polar surface area (TPSA) is 72.8 Å². The molecule has 0 saturated heterocycles. The van der Waals surface area contributed by atoms with E-state index in [1.807, 2.05) is 12.1 Å². The van der Waals surface area contributed by atoms with Crippen molar-refractivity contribution in [2.24, 2.45) is 0 Å². The van der Waals surface area contributed by atoms with Crippen LogP contribution in [-0.2, 0) is 19.7 Å². The summed E-state index contributed by atoms with van der Waals surface area (Å²) in [5.74, 6) is -0.665. The Morgan fingerprint density at radius 1 is 1.36 bits per heavy atom.